The van der Waals surface area contributed by atoms with Crippen LogP contribution in [-0.4, -0.2) is 15.6 Å². The second-order valence-electron chi connectivity index (χ2n) is 5.32. The molecule has 3 rings (SSSR count). The van der Waals surface area contributed by atoms with Gasteiger partial charge in [0, 0.05) is 29.4 Å². The summed E-state index contributed by atoms with van der Waals surface area (Å²) in [6, 6.07) is 14.9. The summed E-state index contributed by atoms with van der Waals surface area (Å²) in [7, 11) is 1.62. The molecule has 0 radical (unpaired) electrons. The first kappa shape index (κ1) is 15.9. The van der Waals surface area contributed by atoms with Crippen LogP contribution >= 0.6 is 11.6 Å². The number of hydrogen-bond donors (Lipinski definition) is 1. The highest BCUT2D eigenvalue weighted by Gasteiger charge is 2.21. The summed E-state index contributed by atoms with van der Waals surface area (Å²) in [5, 5.41) is 10.1. The van der Waals surface area contributed by atoms with E-state index in [1.807, 2.05) is 48.5 Å². The van der Waals surface area contributed by atoms with E-state index in [1.165, 1.54) is 10.8 Å². The van der Waals surface area contributed by atoms with E-state index in [4.69, 9.17) is 18.2 Å². The monoisotopic (exact) mass is 336 g/mol. The lowest BCUT2D eigenvalue weighted by Crippen LogP contribution is -2.05. The molecule has 2 aromatic carbocycles. The number of nitrogens with zero attached hydrogens (tertiary/aromatic N) is 2. The van der Waals surface area contributed by atoms with Gasteiger partial charge >= 0.3 is 5.97 Å². The molecule has 0 atom stereocenters. The van der Waals surface area contributed by atoms with Crippen molar-refractivity contribution in [3.8, 4) is 22.3 Å². The van der Waals surface area contributed by atoms with Crippen molar-refractivity contribution < 1.29 is 9.90 Å². The summed E-state index contributed by atoms with van der Waals surface area (Å²) >= 11 is 6.21. The predicted octanol–water partition coefficient (Wildman–Crippen LogP) is 5.26. The minimum atomic E-state index is -1.06. The molecule has 4 nitrogen and oxygen atoms in total. The maximum atomic E-state index is 11.5. The third kappa shape index (κ3) is 2.66. The number of carboxylic acids is 1. The zero-order chi connectivity index (χ0) is 17.3. The quantitative estimate of drug-likeness (QED) is 0.663. The Morgan fingerprint density at radius 1 is 1.12 bits per heavy atom. The van der Waals surface area contributed by atoms with Crippen LogP contribution in [0.3, 0.4) is 0 Å². The molecule has 1 aromatic heterocycles. The molecule has 24 heavy (non-hydrogen) atoms. The van der Waals surface area contributed by atoms with E-state index < -0.39 is 5.97 Å². The van der Waals surface area contributed by atoms with Crippen molar-refractivity contribution in [1.29, 1.82) is 0 Å². The minimum absolute atomic E-state index is 0.103. The molecule has 0 aliphatic rings. The topological polar surface area (TPSA) is 46.6 Å². The molecular weight excluding hydrogens is 324 g/mol. The highest BCUT2D eigenvalue weighted by Crippen LogP contribution is 2.37. The first-order valence-corrected chi connectivity index (χ1v) is 7.56. The maximum Gasteiger partial charge on any atom is 0.351 e. The average Bonchev–Trinajstić information content (AvgIpc) is 2.92. The summed E-state index contributed by atoms with van der Waals surface area (Å²) < 4.78 is 1.47. The number of aryl methyl sites for hydroxylation is 1. The summed E-state index contributed by atoms with van der Waals surface area (Å²) in [5.74, 6) is -1.06. The van der Waals surface area contributed by atoms with Gasteiger partial charge in [-0.15, -0.1) is 0 Å². The lowest BCUT2D eigenvalue weighted by atomic mass is 9.99. The number of rotatable bonds is 3. The Labute approximate surface area is 144 Å². The van der Waals surface area contributed by atoms with Crippen molar-refractivity contribution in [3.05, 3.63) is 76.9 Å². The molecule has 118 valence electrons. The largest absolute Gasteiger partial charge is 0.477 e. The molecule has 0 bridgehead atoms. The van der Waals surface area contributed by atoms with Crippen molar-refractivity contribution in [2.75, 3.05) is 0 Å². The molecular formula is C19H13ClN2O2. The Kier molecular flexibility index (Phi) is 4.11. The van der Waals surface area contributed by atoms with Crippen LogP contribution in [0.25, 0.3) is 27.1 Å². The van der Waals surface area contributed by atoms with E-state index in [0.717, 1.165) is 11.1 Å². The normalized spacial score (nSPS) is 10.4. The van der Waals surface area contributed by atoms with Gasteiger partial charge in [0.15, 0.2) is 0 Å². The van der Waals surface area contributed by atoms with E-state index >= 15 is 0 Å². The van der Waals surface area contributed by atoms with Crippen LogP contribution in [0, 0.1) is 6.57 Å². The fourth-order valence-corrected chi connectivity index (χ4v) is 2.99. The van der Waals surface area contributed by atoms with E-state index in [9.17, 15) is 9.90 Å². The molecule has 0 fully saturated rings. The van der Waals surface area contributed by atoms with E-state index in [0.29, 0.717) is 21.8 Å². The van der Waals surface area contributed by atoms with Gasteiger partial charge in [0.2, 0.25) is 5.69 Å². The molecule has 0 amide bonds. The van der Waals surface area contributed by atoms with E-state index in [-0.39, 0.29) is 5.69 Å². The highest BCUT2D eigenvalue weighted by molar-refractivity contribution is 6.33. The lowest BCUT2D eigenvalue weighted by molar-refractivity contribution is 0.0687. The zero-order valence-corrected chi connectivity index (χ0v) is 13.6. The number of halogens is 1. The fourth-order valence-electron chi connectivity index (χ4n) is 2.75. The summed E-state index contributed by atoms with van der Waals surface area (Å²) in [5.41, 5.74) is 3.39. The van der Waals surface area contributed by atoms with E-state index in [1.54, 1.807) is 7.05 Å². The number of aromatic nitrogens is 1. The molecule has 0 spiro atoms. The Hall–Kier alpha value is -3.03. The first-order valence-electron chi connectivity index (χ1n) is 7.18. The molecule has 0 unspecified atom stereocenters. The van der Waals surface area contributed by atoms with Gasteiger partial charge in [0.05, 0.1) is 6.57 Å². The van der Waals surface area contributed by atoms with Gasteiger partial charge in [-0.3, -0.25) is 0 Å². The van der Waals surface area contributed by atoms with E-state index in [2.05, 4.69) is 4.85 Å². The SMILES string of the molecule is [C-]#[N+]c1cn(C)c(C(=O)O)c1-c1ccc(-c2ccccc2Cl)cc1. The zero-order valence-electron chi connectivity index (χ0n) is 12.8. The smallest absolute Gasteiger partial charge is 0.351 e. The van der Waals surface area contributed by atoms with Crippen molar-refractivity contribution in [3.63, 3.8) is 0 Å². The van der Waals surface area contributed by atoms with Crippen LogP contribution in [-0.2, 0) is 7.05 Å². The van der Waals surface area contributed by atoms with Crippen LogP contribution in [0.1, 0.15) is 10.5 Å². The van der Waals surface area contributed by atoms with Crippen LogP contribution < -0.4 is 0 Å². The highest BCUT2D eigenvalue weighted by atomic mass is 35.5. The molecule has 1 N–H and O–H groups in total. The standard InChI is InChI=1S/C19H13ClN2O2/c1-21-16-11-22(2)18(19(23)24)17(16)13-9-7-12(8-10-13)14-5-3-4-6-15(14)20/h3-11H,2H3,(H,23,24). The van der Waals surface area contributed by atoms with Crippen LogP contribution in [0.2, 0.25) is 5.02 Å². The van der Waals surface area contributed by atoms with Gasteiger partial charge in [-0.25, -0.2) is 9.64 Å². The van der Waals surface area contributed by atoms with Gasteiger partial charge in [-0.05, 0) is 17.2 Å². The van der Waals surface area contributed by atoms with Gasteiger partial charge in [0.1, 0.15) is 5.69 Å². The minimum Gasteiger partial charge on any atom is -0.477 e. The maximum absolute atomic E-state index is 11.5. The third-order valence-corrected chi connectivity index (χ3v) is 4.17. The van der Waals surface area contributed by atoms with Gasteiger partial charge in [-0.2, -0.15) is 0 Å². The second-order valence-corrected chi connectivity index (χ2v) is 5.73. The number of aromatic carboxylic acids is 1. The first-order chi connectivity index (χ1) is 11.5. The molecule has 0 saturated heterocycles. The van der Waals surface area contributed by atoms with Crippen molar-refractivity contribution >= 4 is 23.3 Å². The Morgan fingerprint density at radius 2 is 1.75 bits per heavy atom. The average molecular weight is 337 g/mol. The Bertz CT molecular complexity index is 966. The van der Waals surface area contributed by atoms with Crippen LogP contribution in [0.4, 0.5) is 5.69 Å². The van der Waals surface area contributed by atoms with Crippen LogP contribution in [0.15, 0.2) is 54.7 Å². The molecule has 0 aliphatic carbocycles. The van der Waals surface area contributed by atoms with Crippen molar-refractivity contribution in [2.45, 2.75) is 0 Å². The molecule has 3 aromatic rings. The summed E-state index contributed by atoms with van der Waals surface area (Å²) in [4.78, 5) is 15.0. The van der Waals surface area contributed by atoms with Crippen molar-refractivity contribution in [1.82, 2.24) is 4.57 Å². The second kappa shape index (κ2) is 6.23. The predicted molar refractivity (Wildman–Crippen MR) is 94.5 cm³/mol. The Morgan fingerprint density at radius 3 is 2.33 bits per heavy atom. The number of benzene rings is 2. The Balaban J connectivity index is 2.12. The van der Waals surface area contributed by atoms with Gasteiger partial charge in [0.25, 0.3) is 0 Å². The fraction of sp³-hybridized carbons (Fsp3) is 0.0526. The lowest BCUT2D eigenvalue weighted by Gasteiger charge is -2.08. The van der Waals surface area contributed by atoms with Crippen molar-refractivity contribution in [2.24, 2.45) is 7.05 Å². The summed E-state index contributed by atoms with van der Waals surface area (Å²) in [6.07, 6.45) is 1.54. The van der Waals surface area contributed by atoms with Crippen LogP contribution in [0.5, 0.6) is 0 Å². The summed E-state index contributed by atoms with van der Waals surface area (Å²) in [6.45, 7) is 7.29. The number of carboxylic acid groups (broad SMARTS) is 1. The number of carbonyl (C=O) groups is 1. The molecule has 0 aliphatic heterocycles. The molecule has 0 saturated carbocycles. The van der Waals surface area contributed by atoms with Gasteiger partial charge in [-0.1, -0.05) is 54.1 Å². The molecule has 1 heterocycles. The van der Waals surface area contributed by atoms with Gasteiger partial charge < -0.3 is 9.67 Å². The number of hydrogen-bond acceptors (Lipinski definition) is 1. The molecule has 5 heteroatoms. The third-order valence-electron chi connectivity index (χ3n) is 3.84.